The number of hydrogen-bond donors (Lipinski definition) is 0. The van der Waals surface area contributed by atoms with Crippen LogP contribution in [0.15, 0.2) is 12.1 Å². The van der Waals surface area contributed by atoms with Crippen LogP contribution in [-0.2, 0) is 15.6 Å². The van der Waals surface area contributed by atoms with E-state index in [0.29, 0.717) is 19.9 Å². The molecule has 0 aromatic heterocycles. The number of benzene rings is 1. The first-order valence-corrected chi connectivity index (χ1v) is 12.5. The van der Waals surface area contributed by atoms with Gasteiger partial charge < -0.3 is 0 Å². The van der Waals surface area contributed by atoms with Gasteiger partial charge in [0.05, 0.1) is 0 Å². The van der Waals surface area contributed by atoms with Crippen molar-refractivity contribution in [3.63, 3.8) is 0 Å². The van der Waals surface area contributed by atoms with E-state index in [9.17, 15) is 0 Å². The molecular weight excluding hydrogens is 382 g/mol. The van der Waals surface area contributed by atoms with E-state index in [-0.39, 0.29) is 10.8 Å². The summed E-state index contributed by atoms with van der Waals surface area (Å²) in [4.78, 5) is 0. The standard InChI is InChI=1S/C16H24O2Se2/c1-15(2)6-7-16(3,4)14-12(15)8-11(20-19)9-13(14)18-10-17-5/h8-9,19H,6-7,10H2,1-5H3. The van der Waals surface area contributed by atoms with Gasteiger partial charge in [-0.05, 0) is 0 Å². The number of methoxy groups -OCH3 is 1. The number of rotatable bonds is 4. The monoisotopic (exact) mass is 408 g/mol. The molecule has 4 heteroatoms. The molecule has 0 saturated carbocycles. The van der Waals surface area contributed by atoms with Crippen LogP contribution < -0.4 is 9.20 Å². The van der Waals surface area contributed by atoms with Crippen molar-refractivity contribution < 1.29 is 9.47 Å². The van der Waals surface area contributed by atoms with E-state index in [0.717, 1.165) is 5.75 Å². The summed E-state index contributed by atoms with van der Waals surface area (Å²) >= 11 is 3.14. The van der Waals surface area contributed by atoms with E-state index >= 15 is 0 Å². The molecule has 0 N–H and O–H groups in total. The fraction of sp³-hybridized carbons (Fsp3) is 0.625. The third-order valence-electron chi connectivity index (χ3n) is 4.29. The third-order valence-corrected chi connectivity index (χ3v) is 7.53. The second kappa shape index (κ2) is 6.02. The molecule has 20 heavy (non-hydrogen) atoms. The number of fused-ring (bicyclic) bond motifs is 1. The first-order valence-electron chi connectivity index (χ1n) is 6.94. The SMILES string of the molecule is COCOc1cc([Se][SeH])cc2c1C(C)(C)CCC2(C)C. The zero-order valence-corrected chi connectivity index (χ0v) is 16.5. The molecule has 0 aliphatic heterocycles. The van der Waals surface area contributed by atoms with Crippen molar-refractivity contribution in [3.8, 4) is 5.75 Å². The summed E-state index contributed by atoms with van der Waals surface area (Å²) in [6, 6.07) is 4.60. The normalized spacial score (nSPS) is 19.5. The van der Waals surface area contributed by atoms with E-state index in [1.807, 2.05) is 0 Å². The second-order valence-corrected chi connectivity index (χ2v) is 10.1. The Hall–Kier alpha value is 0.0190. The van der Waals surface area contributed by atoms with Gasteiger partial charge in [0.1, 0.15) is 0 Å². The van der Waals surface area contributed by atoms with Gasteiger partial charge in [-0.1, -0.05) is 0 Å². The first-order chi connectivity index (χ1) is 9.31. The quantitative estimate of drug-likeness (QED) is 0.564. The second-order valence-electron chi connectivity index (χ2n) is 6.75. The summed E-state index contributed by atoms with van der Waals surface area (Å²) in [6.07, 6.45) is 2.43. The van der Waals surface area contributed by atoms with Gasteiger partial charge in [-0.15, -0.1) is 0 Å². The van der Waals surface area contributed by atoms with Crippen molar-refractivity contribution >= 4 is 31.8 Å². The molecule has 0 radical (unpaired) electrons. The Labute approximate surface area is 135 Å². The fourth-order valence-electron chi connectivity index (χ4n) is 3.00. The molecule has 0 unspecified atom stereocenters. The number of ether oxygens (including phenoxy) is 2. The molecule has 2 rings (SSSR count). The molecule has 0 saturated heterocycles. The molecule has 1 aliphatic rings. The van der Waals surface area contributed by atoms with Gasteiger partial charge >= 0.3 is 136 Å². The molecule has 0 heterocycles. The first kappa shape index (κ1) is 16.4. The zero-order valence-electron chi connectivity index (χ0n) is 12.9. The summed E-state index contributed by atoms with van der Waals surface area (Å²) in [7, 11) is 1.67. The Bertz CT molecular complexity index is 495. The molecule has 0 fully saturated rings. The van der Waals surface area contributed by atoms with Gasteiger partial charge in [0.15, 0.2) is 0 Å². The summed E-state index contributed by atoms with van der Waals surface area (Å²) in [5.74, 6) is 1.02. The van der Waals surface area contributed by atoms with Gasteiger partial charge in [0.2, 0.25) is 0 Å². The van der Waals surface area contributed by atoms with Crippen molar-refractivity contribution in [2.24, 2.45) is 0 Å². The topological polar surface area (TPSA) is 18.5 Å². The van der Waals surface area contributed by atoms with Gasteiger partial charge in [-0.3, -0.25) is 0 Å². The summed E-state index contributed by atoms with van der Waals surface area (Å²) in [5, 5.41) is 0. The van der Waals surface area contributed by atoms with Gasteiger partial charge in [0, 0.05) is 0 Å². The summed E-state index contributed by atoms with van der Waals surface area (Å²) < 4.78 is 12.4. The van der Waals surface area contributed by atoms with E-state index in [2.05, 4.69) is 54.0 Å². The molecule has 0 spiro atoms. The van der Waals surface area contributed by atoms with Crippen LogP contribution in [0.4, 0.5) is 0 Å². The van der Waals surface area contributed by atoms with Gasteiger partial charge in [-0.25, -0.2) is 0 Å². The van der Waals surface area contributed by atoms with E-state index < -0.39 is 0 Å². The molecule has 1 aliphatic carbocycles. The van der Waals surface area contributed by atoms with Crippen LogP contribution in [0.25, 0.3) is 0 Å². The Morgan fingerprint density at radius 2 is 1.80 bits per heavy atom. The Balaban J connectivity index is 2.62. The zero-order chi connectivity index (χ0) is 15.0. The van der Waals surface area contributed by atoms with Crippen LogP contribution in [0.3, 0.4) is 0 Å². The minimum absolute atomic E-state index is 0.169. The maximum absolute atomic E-state index is 5.91. The van der Waals surface area contributed by atoms with Crippen LogP contribution >= 0.6 is 0 Å². The van der Waals surface area contributed by atoms with Crippen LogP contribution in [0.5, 0.6) is 5.75 Å². The van der Waals surface area contributed by atoms with Crippen LogP contribution in [0, 0.1) is 0 Å². The van der Waals surface area contributed by atoms with Crippen molar-refractivity contribution in [2.45, 2.75) is 51.4 Å². The Morgan fingerprint density at radius 3 is 2.40 bits per heavy atom. The third kappa shape index (κ3) is 3.10. The average molecular weight is 406 g/mol. The summed E-state index contributed by atoms with van der Waals surface area (Å²) in [5.41, 5.74) is 3.24. The van der Waals surface area contributed by atoms with Crippen molar-refractivity contribution in [2.75, 3.05) is 13.9 Å². The fourth-order valence-corrected chi connectivity index (χ4v) is 4.84. The Kier molecular flexibility index (Phi) is 4.94. The van der Waals surface area contributed by atoms with Crippen LogP contribution in [-0.4, -0.2) is 41.2 Å². The van der Waals surface area contributed by atoms with E-state index in [4.69, 9.17) is 9.47 Å². The van der Waals surface area contributed by atoms with E-state index in [1.165, 1.54) is 28.4 Å². The molecule has 1 aromatic carbocycles. The van der Waals surface area contributed by atoms with Crippen molar-refractivity contribution in [1.82, 2.24) is 0 Å². The van der Waals surface area contributed by atoms with Gasteiger partial charge in [-0.2, -0.15) is 0 Å². The average Bonchev–Trinajstić information content (AvgIpc) is 2.40. The molecule has 0 amide bonds. The number of hydrogen-bond acceptors (Lipinski definition) is 2. The summed E-state index contributed by atoms with van der Waals surface area (Å²) in [6.45, 7) is 9.67. The predicted molar refractivity (Wildman–Crippen MR) is 86.8 cm³/mol. The molecule has 1 aromatic rings. The molecule has 2 nitrogen and oxygen atoms in total. The van der Waals surface area contributed by atoms with Crippen molar-refractivity contribution in [3.05, 3.63) is 23.3 Å². The predicted octanol–water partition coefficient (Wildman–Crippen LogP) is 2.16. The molecule has 112 valence electrons. The molecule has 0 bridgehead atoms. The van der Waals surface area contributed by atoms with Gasteiger partial charge in [0.25, 0.3) is 0 Å². The van der Waals surface area contributed by atoms with E-state index in [1.54, 1.807) is 7.11 Å². The molecular formula is C16H24O2Se2. The van der Waals surface area contributed by atoms with Crippen molar-refractivity contribution in [1.29, 1.82) is 0 Å². The van der Waals surface area contributed by atoms with Crippen LogP contribution in [0.1, 0.15) is 51.7 Å². The Morgan fingerprint density at radius 1 is 1.15 bits per heavy atom. The van der Waals surface area contributed by atoms with Crippen LogP contribution in [0.2, 0.25) is 0 Å². The minimum atomic E-state index is 0.169. The molecule has 0 atom stereocenters. The maximum atomic E-state index is 5.91.